The third-order valence-electron chi connectivity index (χ3n) is 4.25. The molecule has 2 amide bonds. The summed E-state index contributed by atoms with van der Waals surface area (Å²) in [6.45, 7) is 0. The minimum atomic E-state index is -1.19. The minimum Gasteiger partial charge on any atom is -0.477 e. The molecule has 31 heavy (non-hydrogen) atoms. The van der Waals surface area contributed by atoms with Gasteiger partial charge in [-0.1, -0.05) is 32.7 Å². The number of aromatic nitrogens is 4. The molecule has 0 aromatic carbocycles. The first-order valence-corrected chi connectivity index (χ1v) is 12.2. The topological polar surface area (TPSA) is 160 Å². The lowest BCUT2D eigenvalue weighted by Crippen LogP contribution is -2.71. The Bertz CT molecular complexity index is 1060. The van der Waals surface area contributed by atoms with Crippen molar-refractivity contribution >= 4 is 69.9 Å². The Balaban J connectivity index is 1.49. The van der Waals surface area contributed by atoms with E-state index in [0.717, 1.165) is 11.5 Å². The van der Waals surface area contributed by atoms with Crippen molar-refractivity contribution in [3.8, 4) is 0 Å². The Kier molecular flexibility index (Phi) is 6.49. The largest absolute Gasteiger partial charge is 0.477 e. The molecule has 2 atom stereocenters. The van der Waals surface area contributed by atoms with Gasteiger partial charge in [-0.2, -0.15) is 0 Å². The number of carbonyl (C=O) groups is 3. The standard InChI is InChI=1S/C15H13N7O5S4/c1-27-20-8(7-4-31-21-18-7)11(23)17-9-12(24)22-10(14(25)26)6(2-28-13(9)22)3-29-15-19-16-5-30-15/h4-5,9,13H,2-3H2,1H3,(H,17,23)(H,25,26)/t9?,13-/m0/s1. The zero-order chi connectivity index (χ0) is 22.0. The van der Waals surface area contributed by atoms with E-state index in [2.05, 4.69) is 30.3 Å². The van der Waals surface area contributed by atoms with Crippen molar-refractivity contribution in [2.45, 2.75) is 15.8 Å². The molecule has 2 aliphatic heterocycles. The average molecular weight is 500 g/mol. The molecule has 0 radical (unpaired) electrons. The van der Waals surface area contributed by atoms with Crippen LogP contribution >= 0.6 is 46.4 Å². The van der Waals surface area contributed by atoms with Crippen LogP contribution in [0.3, 0.4) is 0 Å². The van der Waals surface area contributed by atoms with Crippen LogP contribution in [-0.2, 0) is 19.2 Å². The molecule has 0 spiro atoms. The molecule has 1 saturated heterocycles. The number of carboxylic acids is 1. The fourth-order valence-electron chi connectivity index (χ4n) is 2.94. The van der Waals surface area contributed by atoms with E-state index < -0.39 is 29.2 Å². The fraction of sp³-hybridized carbons (Fsp3) is 0.333. The van der Waals surface area contributed by atoms with Gasteiger partial charge in [0.15, 0.2) is 10.1 Å². The van der Waals surface area contributed by atoms with Gasteiger partial charge in [0.05, 0.1) is 0 Å². The lowest BCUT2D eigenvalue weighted by Gasteiger charge is -2.49. The van der Waals surface area contributed by atoms with Crippen molar-refractivity contribution < 1.29 is 24.3 Å². The molecule has 4 rings (SSSR count). The Morgan fingerprint density at radius 1 is 1.45 bits per heavy atom. The lowest BCUT2D eigenvalue weighted by atomic mass is 10.0. The molecule has 1 fully saturated rings. The number of oxime groups is 1. The molecule has 4 heterocycles. The predicted octanol–water partition coefficient (Wildman–Crippen LogP) is 0.271. The molecular formula is C15H13N7O5S4. The van der Waals surface area contributed by atoms with E-state index >= 15 is 0 Å². The van der Waals surface area contributed by atoms with Crippen molar-refractivity contribution in [2.75, 3.05) is 18.6 Å². The quantitative estimate of drug-likeness (QED) is 0.222. The van der Waals surface area contributed by atoms with Crippen molar-refractivity contribution in [2.24, 2.45) is 5.16 Å². The number of carbonyl (C=O) groups excluding carboxylic acids is 2. The van der Waals surface area contributed by atoms with E-state index in [1.165, 1.54) is 52.3 Å². The number of β-lactam (4-membered cyclic amide) rings is 1. The van der Waals surface area contributed by atoms with Gasteiger partial charge in [-0.25, -0.2) is 4.79 Å². The summed E-state index contributed by atoms with van der Waals surface area (Å²) in [6.07, 6.45) is 0. The molecule has 2 aromatic rings. The summed E-state index contributed by atoms with van der Waals surface area (Å²) >= 11 is 5.14. The van der Waals surface area contributed by atoms with Gasteiger partial charge >= 0.3 is 5.97 Å². The van der Waals surface area contributed by atoms with Crippen molar-refractivity contribution in [3.05, 3.63) is 27.9 Å². The van der Waals surface area contributed by atoms with Crippen LogP contribution in [0.5, 0.6) is 0 Å². The van der Waals surface area contributed by atoms with Crippen molar-refractivity contribution in [1.82, 2.24) is 30.0 Å². The van der Waals surface area contributed by atoms with Crippen LogP contribution in [0.1, 0.15) is 5.69 Å². The Morgan fingerprint density at radius 2 is 2.29 bits per heavy atom. The van der Waals surface area contributed by atoms with Gasteiger partial charge in [0.1, 0.15) is 35.4 Å². The van der Waals surface area contributed by atoms with Gasteiger partial charge in [-0.15, -0.1) is 27.1 Å². The molecule has 0 bridgehead atoms. The van der Waals surface area contributed by atoms with Gasteiger partial charge in [0.25, 0.3) is 11.8 Å². The Morgan fingerprint density at radius 3 is 2.94 bits per heavy atom. The molecule has 0 saturated carbocycles. The molecule has 2 N–H and O–H groups in total. The molecule has 162 valence electrons. The first kappa shape index (κ1) is 21.7. The molecule has 2 aliphatic rings. The number of nitrogens with zero attached hydrogens (tertiary/aromatic N) is 6. The van der Waals surface area contributed by atoms with Crippen LogP contribution in [0, 0.1) is 0 Å². The van der Waals surface area contributed by atoms with Gasteiger partial charge in [0.2, 0.25) is 0 Å². The van der Waals surface area contributed by atoms with Crippen molar-refractivity contribution in [3.63, 3.8) is 0 Å². The summed E-state index contributed by atoms with van der Waals surface area (Å²) in [7, 11) is 1.28. The van der Waals surface area contributed by atoms with Crippen LogP contribution in [0.25, 0.3) is 0 Å². The highest BCUT2D eigenvalue weighted by molar-refractivity contribution is 8.01. The maximum absolute atomic E-state index is 12.8. The van der Waals surface area contributed by atoms with Crippen molar-refractivity contribution in [1.29, 1.82) is 0 Å². The second-order valence-corrected chi connectivity index (χ2v) is 9.79. The van der Waals surface area contributed by atoms with Crippen LogP contribution < -0.4 is 5.32 Å². The van der Waals surface area contributed by atoms with Gasteiger partial charge in [-0.3, -0.25) is 14.5 Å². The minimum absolute atomic E-state index is 0.0502. The fourth-order valence-corrected chi connectivity index (χ4v) is 6.36. The van der Waals surface area contributed by atoms with Crippen LogP contribution in [0.2, 0.25) is 0 Å². The molecule has 12 nitrogen and oxygen atoms in total. The highest BCUT2D eigenvalue weighted by Crippen LogP contribution is 2.41. The third kappa shape index (κ3) is 4.28. The number of rotatable bonds is 8. The third-order valence-corrected chi connectivity index (χ3v) is 8.04. The zero-order valence-electron chi connectivity index (χ0n) is 15.6. The summed E-state index contributed by atoms with van der Waals surface area (Å²) < 4.78 is 4.40. The van der Waals surface area contributed by atoms with Crippen LogP contribution in [0.15, 0.2) is 31.7 Å². The number of hydrogen-bond acceptors (Lipinski definition) is 13. The van der Waals surface area contributed by atoms with E-state index in [1.807, 2.05) is 0 Å². The number of amides is 2. The van der Waals surface area contributed by atoms with E-state index in [4.69, 9.17) is 4.84 Å². The second kappa shape index (κ2) is 9.29. The number of fused-ring (bicyclic) bond motifs is 1. The smallest absolute Gasteiger partial charge is 0.352 e. The SMILES string of the molecule is CON=C(C(=O)NC1C(=O)N2C(C(=O)O)=C(CSc3nncs3)CS[C@@H]12)c1csnn1. The number of nitrogens with one attached hydrogen (secondary N) is 1. The van der Waals surface area contributed by atoms with E-state index in [0.29, 0.717) is 21.4 Å². The summed E-state index contributed by atoms with van der Waals surface area (Å²) in [5.74, 6) is -1.57. The van der Waals surface area contributed by atoms with Crippen LogP contribution in [0.4, 0.5) is 0 Å². The average Bonchev–Trinajstić information content (AvgIpc) is 3.47. The number of hydrogen-bond donors (Lipinski definition) is 2. The highest BCUT2D eigenvalue weighted by Gasteiger charge is 2.54. The molecule has 16 heteroatoms. The molecule has 0 aliphatic carbocycles. The van der Waals surface area contributed by atoms with Gasteiger partial charge < -0.3 is 15.3 Å². The summed E-state index contributed by atoms with van der Waals surface area (Å²) in [6, 6.07) is -0.891. The maximum Gasteiger partial charge on any atom is 0.352 e. The van der Waals surface area contributed by atoms with E-state index in [1.54, 1.807) is 5.51 Å². The monoisotopic (exact) mass is 499 g/mol. The van der Waals surface area contributed by atoms with Gasteiger partial charge in [-0.05, 0) is 17.1 Å². The predicted molar refractivity (Wildman–Crippen MR) is 114 cm³/mol. The zero-order valence-corrected chi connectivity index (χ0v) is 18.9. The van der Waals surface area contributed by atoms with E-state index in [-0.39, 0.29) is 17.1 Å². The Labute approximate surface area is 191 Å². The normalized spacial score (nSPS) is 20.9. The van der Waals surface area contributed by atoms with E-state index in [9.17, 15) is 19.5 Å². The summed E-state index contributed by atoms with van der Waals surface area (Å²) in [4.78, 5) is 43.3. The molecule has 2 aromatic heterocycles. The molecular weight excluding hydrogens is 486 g/mol. The first-order valence-electron chi connectivity index (χ1n) is 8.49. The number of aliphatic carboxylic acids is 1. The molecule has 1 unspecified atom stereocenters. The summed E-state index contributed by atoms with van der Waals surface area (Å²) in [5.41, 5.74) is 2.25. The lowest BCUT2D eigenvalue weighted by molar-refractivity contribution is -0.150. The number of thioether (sulfide) groups is 2. The Hall–Kier alpha value is -2.56. The highest BCUT2D eigenvalue weighted by atomic mass is 32.2. The maximum atomic E-state index is 12.8. The summed E-state index contributed by atoms with van der Waals surface area (Å²) in [5, 5.41) is 28.5. The second-order valence-electron chi connectivity index (χ2n) is 6.02. The van der Waals surface area contributed by atoms with Gasteiger partial charge in [0, 0.05) is 16.9 Å². The van der Waals surface area contributed by atoms with Crippen LogP contribution in [-0.4, -0.2) is 83.3 Å². The first-order chi connectivity index (χ1) is 15.0. The number of carboxylic acid groups (broad SMARTS) is 1.